The maximum atomic E-state index is 12.8. The van der Waals surface area contributed by atoms with Gasteiger partial charge in [0.05, 0.1) is 6.20 Å². The van der Waals surface area contributed by atoms with Gasteiger partial charge in [0, 0.05) is 23.4 Å². The largest absolute Gasteiger partial charge is 0.339 e. The number of aromatic nitrogens is 4. The summed E-state index contributed by atoms with van der Waals surface area (Å²) in [6, 6.07) is 11.4. The minimum atomic E-state index is -0.223. The van der Waals surface area contributed by atoms with Crippen LogP contribution < -0.4 is 5.32 Å². The number of hydrogen-bond donors (Lipinski definition) is 1. The first-order valence-electron chi connectivity index (χ1n) is 9.28. The van der Waals surface area contributed by atoms with Gasteiger partial charge in [-0.1, -0.05) is 30.3 Å². The number of rotatable bonds is 4. The second-order valence-corrected chi connectivity index (χ2v) is 7.33. The van der Waals surface area contributed by atoms with Crippen LogP contribution in [0.25, 0.3) is 17.0 Å². The summed E-state index contributed by atoms with van der Waals surface area (Å²) in [6.45, 7) is 4.12. The summed E-state index contributed by atoms with van der Waals surface area (Å²) in [5.74, 6) is 1.99. The molecule has 0 radical (unpaired) electrons. The van der Waals surface area contributed by atoms with Crippen molar-refractivity contribution in [1.82, 2.24) is 19.5 Å². The summed E-state index contributed by atoms with van der Waals surface area (Å²) in [5.41, 5.74) is 3.67. The quantitative estimate of drug-likeness (QED) is 0.583. The Kier molecular flexibility index (Phi) is 3.75. The molecule has 1 aromatic carbocycles. The number of hydrogen-bond acceptors (Lipinski definition) is 5. The van der Waals surface area contributed by atoms with Crippen molar-refractivity contribution in [2.75, 3.05) is 5.32 Å². The summed E-state index contributed by atoms with van der Waals surface area (Å²) in [7, 11) is 0. The third kappa shape index (κ3) is 2.85. The van der Waals surface area contributed by atoms with Gasteiger partial charge in [-0.15, -0.1) is 0 Å². The third-order valence-electron chi connectivity index (χ3n) is 5.26. The molecule has 0 aliphatic heterocycles. The normalized spacial score (nSPS) is 18.4. The molecule has 2 atom stereocenters. The zero-order chi connectivity index (χ0) is 19.3. The van der Waals surface area contributed by atoms with Crippen molar-refractivity contribution in [3.8, 4) is 11.4 Å². The first-order valence-corrected chi connectivity index (χ1v) is 9.28. The summed E-state index contributed by atoms with van der Waals surface area (Å²) in [6.07, 6.45) is 4.49. The zero-order valence-electron chi connectivity index (χ0n) is 15.6. The highest BCUT2D eigenvalue weighted by Crippen LogP contribution is 2.46. The maximum absolute atomic E-state index is 12.8. The van der Waals surface area contributed by atoms with Gasteiger partial charge >= 0.3 is 0 Å². The molecule has 4 aromatic rings. The highest BCUT2D eigenvalue weighted by molar-refractivity contribution is 6.04. The van der Waals surface area contributed by atoms with E-state index in [4.69, 9.17) is 4.52 Å². The van der Waals surface area contributed by atoms with Gasteiger partial charge in [0.25, 0.3) is 5.91 Å². The zero-order valence-corrected chi connectivity index (χ0v) is 15.6. The third-order valence-corrected chi connectivity index (χ3v) is 5.26. The van der Waals surface area contributed by atoms with E-state index in [0.29, 0.717) is 34.9 Å². The average Bonchev–Trinajstić information content (AvgIpc) is 3.12. The fraction of sp³-hybridized carbons (Fsp3) is 0.238. The van der Waals surface area contributed by atoms with E-state index >= 15 is 0 Å². The van der Waals surface area contributed by atoms with Crippen molar-refractivity contribution < 1.29 is 9.32 Å². The summed E-state index contributed by atoms with van der Waals surface area (Å²) in [5, 5.41) is 7.09. The Morgan fingerprint density at radius 3 is 2.96 bits per heavy atom. The number of anilines is 1. The number of aryl methyl sites for hydroxylation is 1. The van der Waals surface area contributed by atoms with Gasteiger partial charge in [0.15, 0.2) is 0 Å². The van der Waals surface area contributed by atoms with Crippen LogP contribution in [0.1, 0.15) is 41.2 Å². The van der Waals surface area contributed by atoms with Crippen LogP contribution in [0.4, 0.5) is 5.69 Å². The molecule has 1 fully saturated rings. The first kappa shape index (κ1) is 16.7. The van der Waals surface area contributed by atoms with Crippen molar-refractivity contribution in [2.45, 2.75) is 26.2 Å². The monoisotopic (exact) mass is 373 g/mol. The lowest BCUT2D eigenvalue weighted by Crippen LogP contribution is -2.15. The Morgan fingerprint density at radius 1 is 1.29 bits per heavy atom. The van der Waals surface area contributed by atoms with E-state index in [2.05, 4.69) is 27.4 Å². The molecule has 1 aliphatic carbocycles. The molecule has 3 heterocycles. The Hall–Kier alpha value is -3.48. The van der Waals surface area contributed by atoms with Crippen molar-refractivity contribution in [2.24, 2.45) is 5.92 Å². The van der Waals surface area contributed by atoms with E-state index in [1.807, 2.05) is 49.5 Å². The lowest BCUT2D eigenvalue weighted by molar-refractivity contribution is 0.102. The highest BCUT2D eigenvalue weighted by atomic mass is 16.5. The maximum Gasteiger partial charge on any atom is 0.274 e. The Labute approximate surface area is 161 Å². The molecule has 140 valence electrons. The van der Waals surface area contributed by atoms with E-state index in [-0.39, 0.29) is 5.91 Å². The molecule has 0 bridgehead atoms. The van der Waals surface area contributed by atoms with Crippen LogP contribution in [-0.2, 0) is 0 Å². The van der Waals surface area contributed by atoms with Crippen LogP contribution in [0, 0.1) is 12.8 Å². The fourth-order valence-corrected chi connectivity index (χ4v) is 3.35. The van der Waals surface area contributed by atoms with Gasteiger partial charge in [-0.3, -0.25) is 9.20 Å². The molecule has 5 rings (SSSR count). The summed E-state index contributed by atoms with van der Waals surface area (Å²) >= 11 is 0. The average molecular weight is 373 g/mol. The van der Waals surface area contributed by atoms with E-state index in [1.165, 1.54) is 0 Å². The van der Waals surface area contributed by atoms with Crippen LogP contribution in [0.15, 0.2) is 53.3 Å². The fourth-order valence-electron chi connectivity index (χ4n) is 3.35. The Morgan fingerprint density at radius 2 is 2.14 bits per heavy atom. The molecule has 28 heavy (non-hydrogen) atoms. The molecule has 1 amide bonds. The second kappa shape index (κ2) is 6.30. The van der Waals surface area contributed by atoms with Crippen molar-refractivity contribution in [3.05, 3.63) is 65.9 Å². The van der Waals surface area contributed by atoms with Crippen molar-refractivity contribution in [1.29, 1.82) is 0 Å². The van der Waals surface area contributed by atoms with Crippen LogP contribution in [0.2, 0.25) is 0 Å². The summed E-state index contributed by atoms with van der Waals surface area (Å²) < 4.78 is 7.17. The predicted molar refractivity (Wildman–Crippen MR) is 104 cm³/mol. The Bertz CT molecular complexity index is 1190. The van der Waals surface area contributed by atoms with Crippen LogP contribution in [-0.4, -0.2) is 25.4 Å². The number of imidazole rings is 1. The van der Waals surface area contributed by atoms with Gasteiger partial charge in [0.1, 0.15) is 11.3 Å². The number of fused-ring (bicyclic) bond motifs is 1. The highest BCUT2D eigenvalue weighted by Gasteiger charge is 2.39. The number of pyridine rings is 1. The van der Waals surface area contributed by atoms with Gasteiger partial charge < -0.3 is 9.84 Å². The van der Waals surface area contributed by atoms with E-state index in [0.717, 1.165) is 23.2 Å². The summed E-state index contributed by atoms with van der Waals surface area (Å²) in [4.78, 5) is 21.6. The molecule has 0 saturated heterocycles. The standard InChI is InChI=1S/C21H19N5O2/c1-12-6-7-14(19-24-21(28-25-19)15-9-13(15)2)10-16(12)23-20(27)17-11-22-18-5-3-4-8-26(17)18/h3-8,10-11,13,15H,9H2,1-2H3,(H,23,27)/t13-,15-/m1/s1. The topological polar surface area (TPSA) is 85.3 Å². The van der Waals surface area contributed by atoms with E-state index in [9.17, 15) is 4.79 Å². The number of carbonyl (C=O) groups is 1. The number of amides is 1. The molecule has 7 heteroatoms. The SMILES string of the molecule is Cc1ccc(-c2noc([C@@H]3C[C@H]3C)n2)cc1NC(=O)c1cnc2ccccn12. The van der Waals surface area contributed by atoms with Crippen LogP contribution in [0.5, 0.6) is 0 Å². The number of benzene rings is 1. The molecule has 0 spiro atoms. The van der Waals surface area contributed by atoms with Gasteiger partial charge in [-0.25, -0.2) is 4.98 Å². The Balaban J connectivity index is 1.43. The molecule has 0 unspecified atom stereocenters. The van der Waals surface area contributed by atoms with Crippen molar-refractivity contribution in [3.63, 3.8) is 0 Å². The molecular formula is C21H19N5O2. The molecule has 1 N–H and O–H groups in total. The number of carbonyl (C=O) groups excluding carboxylic acids is 1. The second-order valence-electron chi connectivity index (χ2n) is 7.33. The number of nitrogens with zero attached hydrogens (tertiary/aromatic N) is 4. The van der Waals surface area contributed by atoms with Gasteiger partial charge in [0.2, 0.25) is 11.7 Å². The predicted octanol–water partition coefficient (Wildman–Crippen LogP) is 4.07. The molecular weight excluding hydrogens is 354 g/mol. The lowest BCUT2D eigenvalue weighted by atomic mass is 10.1. The molecule has 1 saturated carbocycles. The molecule has 7 nitrogen and oxygen atoms in total. The first-order chi connectivity index (χ1) is 13.6. The van der Waals surface area contributed by atoms with Gasteiger partial charge in [-0.2, -0.15) is 4.98 Å². The van der Waals surface area contributed by atoms with E-state index < -0.39 is 0 Å². The van der Waals surface area contributed by atoms with E-state index in [1.54, 1.807) is 10.6 Å². The van der Waals surface area contributed by atoms with Crippen molar-refractivity contribution >= 4 is 17.2 Å². The van der Waals surface area contributed by atoms with Gasteiger partial charge in [-0.05, 0) is 43.0 Å². The minimum Gasteiger partial charge on any atom is -0.339 e. The molecule has 3 aromatic heterocycles. The van der Waals surface area contributed by atoms with Crippen LogP contribution in [0.3, 0.4) is 0 Å². The molecule has 1 aliphatic rings. The number of nitrogens with one attached hydrogen (secondary N) is 1. The lowest BCUT2D eigenvalue weighted by Gasteiger charge is -2.09. The van der Waals surface area contributed by atoms with Crippen LogP contribution >= 0.6 is 0 Å². The minimum absolute atomic E-state index is 0.223. The smallest absolute Gasteiger partial charge is 0.274 e.